The molecule has 1 amide bonds. The smallest absolute Gasteiger partial charge is 0.266 e. The third-order valence-electron chi connectivity index (χ3n) is 5.01. The molecule has 4 rings (SSSR count). The number of hydrogen-bond acceptors (Lipinski definition) is 6. The Bertz CT molecular complexity index is 1430. The molecule has 0 spiro atoms. The molecule has 2 aromatic heterocycles. The summed E-state index contributed by atoms with van der Waals surface area (Å²) in [6, 6.07) is 16.8. The molecule has 0 aliphatic carbocycles. The number of thioether (sulfide) groups is 1. The Balaban J connectivity index is 1.76. The van der Waals surface area contributed by atoms with E-state index in [1.165, 1.54) is 23.1 Å². The summed E-state index contributed by atoms with van der Waals surface area (Å²) >= 11 is 2.51. The molecule has 8 heteroatoms. The van der Waals surface area contributed by atoms with Gasteiger partial charge in [0.1, 0.15) is 11.1 Å². The second-order valence-electron chi connectivity index (χ2n) is 7.37. The molecular weight excluding hydrogens is 440 g/mol. The van der Waals surface area contributed by atoms with Crippen molar-refractivity contribution >= 4 is 44.9 Å². The minimum absolute atomic E-state index is 0.178. The number of hydrogen-bond donors (Lipinski definition) is 1. The van der Waals surface area contributed by atoms with E-state index in [1.54, 1.807) is 35.1 Å². The molecular formula is C24H20N4O2S2. The Labute approximate surface area is 193 Å². The van der Waals surface area contributed by atoms with E-state index < -0.39 is 5.25 Å². The zero-order chi connectivity index (χ0) is 22.8. The van der Waals surface area contributed by atoms with Crippen LogP contribution in [0.4, 0.5) is 5.00 Å². The largest absolute Gasteiger partial charge is 0.316 e. The maximum Gasteiger partial charge on any atom is 0.266 e. The molecule has 0 aliphatic rings. The van der Waals surface area contributed by atoms with Crippen molar-refractivity contribution in [2.75, 3.05) is 5.32 Å². The van der Waals surface area contributed by atoms with Crippen LogP contribution in [0.2, 0.25) is 0 Å². The second kappa shape index (κ2) is 8.99. The number of para-hydroxylation sites is 1. The monoisotopic (exact) mass is 460 g/mol. The number of thiophene rings is 1. The van der Waals surface area contributed by atoms with Crippen LogP contribution in [-0.2, 0) is 4.79 Å². The number of nitrogens with one attached hydrogen (secondary N) is 1. The Morgan fingerprint density at radius 2 is 2.00 bits per heavy atom. The van der Waals surface area contributed by atoms with Crippen LogP contribution < -0.4 is 10.9 Å². The highest BCUT2D eigenvalue weighted by Gasteiger charge is 2.22. The highest BCUT2D eigenvalue weighted by molar-refractivity contribution is 8.00. The van der Waals surface area contributed by atoms with Crippen LogP contribution >= 0.6 is 23.1 Å². The molecule has 2 aromatic carbocycles. The lowest BCUT2D eigenvalue weighted by molar-refractivity contribution is -0.115. The quantitative estimate of drug-likeness (QED) is 0.332. The normalized spacial score (nSPS) is 11.8. The number of anilines is 1. The van der Waals surface area contributed by atoms with Crippen LogP contribution in [0.3, 0.4) is 0 Å². The summed E-state index contributed by atoms with van der Waals surface area (Å²) in [5.41, 5.74) is 3.61. The number of benzene rings is 2. The van der Waals surface area contributed by atoms with E-state index in [9.17, 15) is 14.9 Å². The molecule has 0 aliphatic heterocycles. The van der Waals surface area contributed by atoms with E-state index >= 15 is 0 Å². The van der Waals surface area contributed by atoms with Crippen molar-refractivity contribution in [1.29, 1.82) is 5.26 Å². The molecule has 0 bridgehead atoms. The molecule has 0 fully saturated rings. The van der Waals surface area contributed by atoms with Crippen LogP contribution in [-0.4, -0.2) is 20.7 Å². The maximum atomic E-state index is 13.5. The predicted octanol–water partition coefficient (Wildman–Crippen LogP) is 5.06. The first-order chi connectivity index (χ1) is 15.4. The lowest BCUT2D eigenvalue weighted by Crippen LogP contribution is -2.26. The molecule has 6 nitrogen and oxygen atoms in total. The Hall–Kier alpha value is -3.41. The number of aryl methyl sites for hydroxylation is 2. The topological polar surface area (TPSA) is 87.8 Å². The summed E-state index contributed by atoms with van der Waals surface area (Å²) in [6.07, 6.45) is 0. The van der Waals surface area contributed by atoms with E-state index in [-0.39, 0.29) is 11.5 Å². The number of rotatable bonds is 5. The zero-order valence-corrected chi connectivity index (χ0v) is 19.4. The fourth-order valence-corrected chi connectivity index (χ4v) is 5.04. The van der Waals surface area contributed by atoms with Crippen molar-refractivity contribution in [3.05, 3.63) is 81.0 Å². The number of nitrogens with zero attached hydrogens (tertiary/aromatic N) is 3. The SMILES string of the molecule is Cc1ccc(-n2c(SC(C)C(=O)Nc3sccc3C#N)nc3ccccc3c2=O)c(C)c1. The first-order valence-electron chi connectivity index (χ1n) is 9.93. The van der Waals surface area contributed by atoms with Gasteiger partial charge in [-0.05, 0) is 56.0 Å². The summed E-state index contributed by atoms with van der Waals surface area (Å²) in [6.45, 7) is 5.71. The van der Waals surface area contributed by atoms with Gasteiger partial charge in [0.05, 0.1) is 27.4 Å². The van der Waals surface area contributed by atoms with Crippen LogP contribution in [0.15, 0.2) is 63.9 Å². The lowest BCUT2D eigenvalue weighted by atomic mass is 10.1. The van der Waals surface area contributed by atoms with Crippen molar-refractivity contribution in [1.82, 2.24) is 9.55 Å². The lowest BCUT2D eigenvalue weighted by Gasteiger charge is -2.18. The summed E-state index contributed by atoms with van der Waals surface area (Å²) in [5, 5.41) is 14.7. The highest BCUT2D eigenvalue weighted by Crippen LogP contribution is 2.29. The van der Waals surface area contributed by atoms with Crippen molar-refractivity contribution < 1.29 is 4.79 Å². The number of fused-ring (bicyclic) bond motifs is 1. The molecule has 4 aromatic rings. The number of aromatic nitrogens is 2. The van der Waals surface area contributed by atoms with E-state index in [2.05, 4.69) is 11.4 Å². The van der Waals surface area contributed by atoms with Crippen molar-refractivity contribution in [2.24, 2.45) is 0 Å². The van der Waals surface area contributed by atoms with Crippen LogP contribution in [0, 0.1) is 25.2 Å². The highest BCUT2D eigenvalue weighted by atomic mass is 32.2. The van der Waals surface area contributed by atoms with Gasteiger partial charge >= 0.3 is 0 Å². The summed E-state index contributed by atoms with van der Waals surface area (Å²) in [7, 11) is 0. The maximum absolute atomic E-state index is 13.5. The number of amides is 1. The van der Waals surface area contributed by atoms with Gasteiger partial charge in [0.25, 0.3) is 5.56 Å². The number of carbonyl (C=O) groups excluding carboxylic acids is 1. The first-order valence-corrected chi connectivity index (χ1v) is 11.7. The molecule has 32 heavy (non-hydrogen) atoms. The van der Waals surface area contributed by atoms with Gasteiger partial charge in [0.15, 0.2) is 5.16 Å². The molecule has 0 saturated heterocycles. The minimum Gasteiger partial charge on any atom is -0.316 e. The van der Waals surface area contributed by atoms with Gasteiger partial charge in [-0.3, -0.25) is 14.2 Å². The van der Waals surface area contributed by atoms with Gasteiger partial charge in [0, 0.05) is 0 Å². The molecule has 1 N–H and O–H groups in total. The van der Waals surface area contributed by atoms with Gasteiger partial charge in [-0.25, -0.2) is 4.98 Å². The van der Waals surface area contributed by atoms with Crippen molar-refractivity contribution in [2.45, 2.75) is 31.2 Å². The minimum atomic E-state index is -0.547. The van der Waals surface area contributed by atoms with Crippen LogP contribution in [0.25, 0.3) is 16.6 Å². The van der Waals surface area contributed by atoms with Crippen molar-refractivity contribution in [3.8, 4) is 11.8 Å². The average molecular weight is 461 g/mol. The van der Waals surface area contributed by atoms with Gasteiger partial charge < -0.3 is 5.32 Å². The van der Waals surface area contributed by atoms with E-state index in [1.807, 2.05) is 44.2 Å². The molecule has 0 radical (unpaired) electrons. The molecule has 160 valence electrons. The third kappa shape index (κ3) is 4.17. The number of nitriles is 1. The summed E-state index contributed by atoms with van der Waals surface area (Å²) in [5.74, 6) is -0.261. The molecule has 0 saturated carbocycles. The fourth-order valence-electron chi connectivity index (χ4n) is 3.38. The second-order valence-corrected chi connectivity index (χ2v) is 9.59. The number of carbonyl (C=O) groups is 1. The molecule has 1 atom stereocenters. The van der Waals surface area contributed by atoms with Gasteiger partial charge in [-0.2, -0.15) is 5.26 Å². The Kier molecular flexibility index (Phi) is 6.12. The van der Waals surface area contributed by atoms with E-state index in [0.717, 1.165) is 16.8 Å². The average Bonchev–Trinajstić information content (AvgIpc) is 3.22. The van der Waals surface area contributed by atoms with E-state index in [4.69, 9.17) is 4.98 Å². The fraction of sp³-hybridized carbons (Fsp3) is 0.167. The van der Waals surface area contributed by atoms with Gasteiger partial charge in [-0.15, -0.1) is 11.3 Å². The molecule has 1 unspecified atom stereocenters. The van der Waals surface area contributed by atoms with Gasteiger partial charge in [0.2, 0.25) is 5.91 Å². The summed E-state index contributed by atoms with van der Waals surface area (Å²) < 4.78 is 1.58. The van der Waals surface area contributed by atoms with Crippen LogP contribution in [0.5, 0.6) is 0 Å². The standard InChI is InChI=1S/C24H20N4O2S2/c1-14-8-9-20(15(2)12-14)28-23(30)18-6-4-5-7-19(18)26-24(28)32-16(3)21(29)27-22-17(13-25)10-11-31-22/h4-12,16H,1-3H3,(H,27,29). The van der Waals surface area contributed by atoms with E-state index in [0.29, 0.717) is 26.6 Å². The van der Waals surface area contributed by atoms with Crippen LogP contribution in [0.1, 0.15) is 23.6 Å². The summed E-state index contributed by atoms with van der Waals surface area (Å²) in [4.78, 5) is 31.0. The first kappa shape index (κ1) is 21.8. The Morgan fingerprint density at radius 3 is 2.75 bits per heavy atom. The molecule has 2 heterocycles. The third-order valence-corrected chi connectivity index (χ3v) is 6.89. The van der Waals surface area contributed by atoms with Gasteiger partial charge in [-0.1, -0.05) is 41.6 Å². The van der Waals surface area contributed by atoms with Crippen molar-refractivity contribution in [3.63, 3.8) is 0 Å². The predicted molar refractivity (Wildman–Crippen MR) is 130 cm³/mol. The Morgan fingerprint density at radius 1 is 1.22 bits per heavy atom. The zero-order valence-electron chi connectivity index (χ0n) is 17.7.